The van der Waals surface area contributed by atoms with E-state index in [9.17, 15) is 14.0 Å². The van der Waals surface area contributed by atoms with Crippen LogP contribution in [0.1, 0.15) is 28.9 Å². The molecule has 0 saturated carbocycles. The van der Waals surface area contributed by atoms with Crippen molar-refractivity contribution < 1.29 is 18.7 Å². The van der Waals surface area contributed by atoms with Crippen molar-refractivity contribution in [1.29, 1.82) is 0 Å². The minimum atomic E-state index is -0.511. The lowest BCUT2D eigenvalue weighted by Gasteiger charge is -2.42. The lowest BCUT2D eigenvalue weighted by molar-refractivity contribution is -0.140. The number of rotatable bonds is 2. The van der Waals surface area contributed by atoms with Gasteiger partial charge >= 0.3 is 0 Å². The van der Waals surface area contributed by atoms with Gasteiger partial charge in [-0.15, -0.1) is 11.3 Å². The van der Waals surface area contributed by atoms with Gasteiger partial charge in [0, 0.05) is 18.8 Å². The zero-order valence-electron chi connectivity index (χ0n) is 14.8. The number of hydrogen-bond donors (Lipinski definition) is 0. The number of ether oxygens (including phenoxy) is 1. The Morgan fingerprint density at radius 3 is 2.96 bits per heavy atom. The van der Waals surface area contributed by atoms with Gasteiger partial charge < -0.3 is 14.5 Å². The van der Waals surface area contributed by atoms with E-state index in [4.69, 9.17) is 4.74 Å². The molecule has 2 amide bonds. The van der Waals surface area contributed by atoms with E-state index >= 15 is 0 Å². The number of anilines is 1. The molecule has 6 nitrogen and oxygen atoms in total. The Balaban J connectivity index is 1.50. The third-order valence-electron chi connectivity index (χ3n) is 5.20. The number of benzene rings is 1. The van der Waals surface area contributed by atoms with Gasteiger partial charge in [0.15, 0.2) is 0 Å². The summed E-state index contributed by atoms with van der Waals surface area (Å²) in [6.45, 7) is 1.55. The Morgan fingerprint density at radius 1 is 1.30 bits per heavy atom. The molecule has 27 heavy (non-hydrogen) atoms. The zero-order valence-corrected chi connectivity index (χ0v) is 15.6. The molecule has 8 heteroatoms. The molecule has 2 aliphatic rings. The number of thiazole rings is 1. The van der Waals surface area contributed by atoms with Gasteiger partial charge in [0.05, 0.1) is 23.9 Å². The van der Waals surface area contributed by atoms with Crippen LogP contribution in [-0.4, -0.2) is 53.5 Å². The van der Waals surface area contributed by atoms with Crippen molar-refractivity contribution in [3.8, 4) is 0 Å². The van der Waals surface area contributed by atoms with Crippen LogP contribution in [0.2, 0.25) is 0 Å². The summed E-state index contributed by atoms with van der Waals surface area (Å²) in [6, 6.07) is 6.06. The van der Waals surface area contributed by atoms with Gasteiger partial charge in [0.1, 0.15) is 17.3 Å². The first-order valence-electron chi connectivity index (χ1n) is 8.94. The summed E-state index contributed by atoms with van der Waals surface area (Å²) < 4.78 is 19.6. The molecule has 1 spiro atoms. The summed E-state index contributed by atoms with van der Waals surface area (Å²) in [7, 11) is 0. The van der Waals surface area contributed by atoms with Crippen molar-refractivity contribution in [2.24, 2.45) is 0 Å². The highest BCUT2D eigenvalue weighted by molar-refractivity contribution is 7.11. The van der Waals surface area contributed by atoms with Gasteiger partial charge in [-0.05, 0) is 37.5 Å². The highest BCUT2D eigenvalue weighted by atomic mass is 32.1. The average molecular weight is 389 g/mol. The molecule has 2 aliphatic heterocycles. The third kappa shape index (κ3) is 3.72. The molecular weight excluding hydrogens is 369 g/mol. The van der Waals surface area contributed by atoms with E-state index in [-0.39, 0.29) is 24.2 Å². The molecule has 0 radical (unpaired) electrons. The van der Waals surface area contributed by atoms with Crippen LogP contribution < -0.4 is 4.90 Å². The SMILES string of the molecule is O=C(c1cncs1)N1CCCC2(CC1)CN(c1cccc(F)c1)C(=O)CO2. The fourth-order valence-electron chi connectivity index (χ4n) is 3.74. The first-order valence-corrected chi connectivity index (χ1v) is 9.82. The van der Waals surface area contributed by atoms with E-state index in [0.717, 1.165) is 12.8 Å². The molecule has 4 rings (SSSR count). The lowest BCUT2D eigenvalue weighted by atomic mass is 9.92. The zero-order chi connectivity index (χ0) is 18.9. The molecular formula is C19H20FN3O3S. The number of carbonyl (C=O) groups excluding carboxylic acids is 2. The Morgan fingerprint density at radius 2 is 2.19 bits per heavy atom. The first kappa shape index (κ1) is 18.1. The molecule has 1 atom stereocenters. The highest BCUT2D eigenvalue weighted by Crippen LogP contribution is 2.33. The summed E-state index contributed by atoms with van der Waals surface area (Å²) in [4.78, 5) is 33.0. The maximum atomic E-state index is 13.6. The van der Waals surface area contributed by atoms with Crippen LogP contribution in [0.25, 0.3) is 0 Å². The first-order chi connectivity index (χ1) is 13.1. The lowest BCUT2D eigenvalue weighted by Crippen LogP contribution is -2.55. The standard InChI is InChI=1S/C19H20FN3O3S/c20-14-3-1-4-15(9-14)23-12-19(26-11-17(23)24)5-2-7-22(8-6-19)18(25)16-10-21-13-27-16/h1,3-4,9-10,13H,2,5-8,11-12H2. The predicted octanol–water partition coefficient (Wildman–Crippen LogP) is 2.71. The fourth-order valence-corrected chi connectivity index (χ4v) is 4.33. The molecule has 1 aromatic carbocycles. The summed E-state index contributed by atoms with van der Waals surface area (Å²) in [5.41, 5.74) is 1.69. The number of hydrogen-bond acceptors (Lipinski definition) is 5. The predicted molar refractivity (Wildman–Crippen MR) is 99.3 cm³/mol. The van der Waals surface area contributed by atoms with Crippen molar-refractivity contribution in [3.63, 3.8) is 0 Å². The van der Waals surface area contributed by atoms with Crippen LogP contribution in [0.5, 0.6) is 0 Å². The summed E-state index contributed by atoms with van der Waals surface area (Å²) in [5.74, 6) is -0.556. The van der Waals surface area contributed by atoms with E-state index in [0.29, 0.717) is 36.6 Å². The molecule has 0 N–H and O–H groups in total. The minimum absolute atomic E-state index is 0.0107. The maximum Gasteiger partial charge on any atom is 0.265 e. The van der Waals surface area contributed by atoms with Crippen LogP contribution in [0, 0.1) is 5.82 Å². The van der Waals surface area contributed by atoms with E-state index in [2.05, 4.69) is 4.98 Å². The number of aromatic nitrogens is 1. The van der Waals surface area contributed by atoms with Crippen LogP contribution in [-0.2, 0) is 9.53 Å². The van der Waals surface area contributed by atoms with E-state index in [1.807, 2.05) is 4.90 Å². The topological polar surface area (TPSA) is 62.7 Å². The average Bonchev–Trinajstić information content (AvgIpc) is 3.13. The van der Waals surface area contributed by atoms with Gasteiger partial charge in [0.2, 0.25) is 0 Å². The van der Waals surface area contributed by atoms with Gasteiger partial charge in [-0.2, -0.15) is 0 Å². The van der Waals surface area contributed by atoms with Crippen molar-refractivity contribution in [2.75, 3.05) is 31.1 Å². The summed E-state index contributed by atoms with van der Waals surface area (Å²) in [5, 5.41) is 0. The minimum Gasteiger partial charge on any atom is -0.363 e. The Hall–Kier alpha value is -2.32. The summed E-state index contributed by atoms with van der Waals surface area (Å²) in [6.07, 6.45) is 3.76. The highest BCUT2D eigenvalue weighted by Gasteiger charge is 2.42. The Kier molecular flexibility index (Phi) is 4.92. The Bertz CT molecular complexity index is 844. The van der Waals surface area contributed by atoms with Crippen molar-refractivity contribution >= 4 is 28.8 Å². The molecule has 0 bridgehead atoms. The van der Waals surface area contributed by atoms with Gasteiger partial charge in [-0.3, -0.25) is 14.6 Å². The van der Waals surface area contributed by atoms with Gasteiger partial charge in [-0.25, -0.2) is 4.39 Å². The van der Waals surface area contributed by atoms with Crippen molar-refractivity contribution in [1.82, 2.24) is 9.88 Å². The normalized spacial score (nSPS) is 23.5. The van der Waals surface area contributed by atoms with Gasteiger partial charge in [-0.1, -0.05) is 6.07 Å². The molecule has 142 valence electrons. The van der Waals surface area contributed by atoms with Gasteiger partial charge in [0.25, 0.3) is 11.8 Å². The van der Waals surface area contributed by atoms with Crippen molar-refractivity contribution in [2.45, 2.75) is 24.9 Å². The molecule has 0 aliphatic carbocycles. The Labute approximate surface area is 160 Å². The van der Waals surface area contributed by atoms with Crippen LogP contribution in [0.15, 0.2) is 36.0 Å². The van der Waals surface area contributed by atoms with E-state index < -0.39 is 5.60 Å². The maximum absolute atomic E-state index is 13.6. The monoisotopic (exact) mass is 389 g/mol. The number of morpholine rings is 1. The second-order valence-corrected chi connectivity index (χ2v) is 7.83. The molecule has 3 heterocycles. The number of likely N-dealkylation sites (tertiary alicyclic amines) is 1. The molecule has 2 aromatic rings. The molecule has 1 unspecified atom stereocenters. The number of carbonyl (C=O) groups is 2. The fraction of sp³-hybridized carbons (Fsp3) is 0.421. The largest absolute Gasteiger partial charge is 0.363 e. The van der Waals surface area contributed by atoms with E-state index in [1.54, 1.807) is 28.7 Å². The second-order valence-electron chi connectivity index (χ2n) is 6.94. The number of amides is 2. The van der Waals surface area contributed by atoms with Crippen LogP contribution in [0.3, 0.4) is 0 Å². The molecule has 2 saturated heterocycles. The van der Waals surface area contributed by atoms with E-state index in [1.165, 1.54) is 23.5 Å². The number of nitrogens with zero attached hydrogens (tertiary/aromatic N) is 3. The van der Waals surface area contributed by atoms with Crippen LogP contribution in [0.4, 0.5) is 10.1 Å². The third-order valence-corrected chi connectivity index (χ3v) is 5.96. The smallest absolute Gasteiger partial charge is 0.265 e. The quantitative estimate of drug-likeness (QED) is 0.792. The molecule has 2 fully saturated rings. The second kappa shape index (κ2) is 7.36. The van der Waals surface area contributed by atoms with Crippen molar-refractivity contribution in [3.05, 3.63) is 46.7 Å². The molecule has 1 aromatic heterocycles. The number of halogens is 1. The van der Waals surface area contributed by atoms with Crippen LogP contribution >= 0.6 is 11.3 Å². The summed E-state index contributed by atoms with van der Waals surface area (Å²) >= 11 is 1.34.